The summed E-state index contributed by atoms with van der Waals surface area (Å²) in [7, 11) is 0. The summed E-state index contributed by atoms with van der Waals surface area (Å²) >= 11 is 0. The van der Waals surface area contributed by atoms with Crippen molar-refractivity contribution in [3.05, 3.63) is 24.3 Å². The highest BCUT2D eigenvalue weighted by Crippen LogP contribution is 2.34. The Morgan fingerprint density at radius 2 is 0.569 bits per heavy atom. The number of aliphatic hydroxyl groups is 11. The summed E-state index contributed by atoms with van der Waals surface area (Å²) in [4.78, 5) is 13.6. The molecule has 0 spiro atoms. The summed E-state index contributed by atoms with van der Waals surface area (Å²) in [6.07, 6.45) is 71.8. The summed E-state index contributed by atoms with van der Waals surface area (Å²) in [5.74, 6) is -0.231. The molecule has 0 saturated carbocycles. The second-order valence-corrected chi connectivity index (χ2v) is 35.6. The largest absolute Gasteiger partial charge is 0.394 e. The first-order chi connectivity index (χ1) is 56.8. The van der Waals surface area contributed by atoms with Crippen LogP contribution < -0.4 is 5.32 Å². The van der Waals surface area contributed by atoms with Gasteiger partial charge in [0.1, 0.15) is 73.2 Å². The maximum atomic E-state index is 13.6. The molecule has 0 aromatic rings. The first kappa shape index (κ1) is 108. The molecule has 3 saturated heterocycles. The number of aliphatic hydroxyl groups excluding tert-OH is 11. The highest BCUT2D eigenvalue weighted by Gasteiger charge is 2.54. The Morgan fingerprint density at radius 1 is 0.310 bits per heavy atom. The summed E-state index contributed by atoms with van der Waals surface area (Å²) in [5, 5.41) is 122. The Hall–Kier alpha value is -1.73. The Labute approximate surface area is 709 Å². The van der Waals surface area contributed by atoms with Gasteiger partial charge < -0.3 is 89.9 Å². The van der Waals surface area contributed by atoms with E-state index in [1.54, 1.807) is 0 Å². The molecule has 3 aliphatic rings. The third-order valence-electron chi connectivity index (χ3n) is 25.0. The van der Waals surface area contributed by atoms with Crippen molar-refractivity contribution in [1.82, 2.24) is 5.32 Å². The van der Waals surface area contributed by atoms with Crippen LogP contribution in [0, 0.1) is 0 Å². The Bertz CT molecular complexity index is 2180. The number of allylic oxidation sites excluding steroid dienone is 4. The SMILES string of the molecule is CCCCCCC/C=C\C/C=C\CCCCCCCCCCCCCCCCCCCCCCCCCCCCCC(=O)NC(COC1OC(CO)C(OC2OC(CO)C(OC3OC(CO)C(O)C(O)C3O)C(O)C2O)C(O)C1O)C(O)CCCCCCCCCCCCCCCCCCCCCCCCCCCCCCCCCC. The molecule has 1 amide bonds. The summed E-state index contributed by atoms with van der Waals surface area (Å²) < 4.78 is 34.7. The molecule has 116 heavy (non-hydrogen) atoms. The van der Waals surface area contributed by atoms with Gasteiger partial charge in [-0.2, -0.15) is 0 Å². The van der Waals surface area contributed by atoms with E-state index in [2.05, 4.69) is 43.5 Å². The van der Waals surface area contributed by atoms with Crippen molar-refractivity contribution >= 4 is 5.91 Å². The van der Waals surface area contributed by atoms with Crippen LogP contribution in [0.25, 0.3) is 0 Å². The maximum absolute atomic E-state index is 13.6. The number of hydrogen-bond donors (Lipinski definition) is 12. The number of amides is 1. The molecule has 19 nitrogen and oxygen atoms in total. The van der Waals surface area contributed by atoms with E-state index in [-0.39, 0.29) is 18.9 Å². The first-order valence-electron chi connectivity index (χ1n) is 49.6. The van der Waals surface area contributed by atoms with E-state index in [0.717, 1.165) is 51.4 Å². The van der Waals surface area contributed by atoms with Crippen molar-refractivity contribution in [3.8, 4) is 0 Å². The topological polar surface area (TPSA) is 307 Å². The predicted molar refractivity (Wildman–Crippen MR) is 471 cm³/mol. The Kier molecular flexibility index (Phi) is 71.9. The molecule has 17 atom stereocenters. The Balaban J connectivity index is 1.27. The molecule has 3 aliphatic heterocycles. The third-order valence-corrected chi connectivity index (χ3v) is 25.0. The molecule has 19 heteroatoms. The van der Waals surface area contributed by atoms with Crippen LogP contribution in [-0.2, 0) is 33.2 Å². The molecule has 3 heterocycles. The second kappa shape index (κ2) is 76.9. The van der Waals surface area contributed by atoms with Crippen molar-refractivity contribution < 1.29 is 89.4 Å². The number of nitrogens with one attached hydrogen (secondary N) is 1. The molecule has 0 bridgehead atoms. The lowest BCUT2D eigenvalue weighted by molar-refractivity contribution is -0.379. The molecule has 3 rings (SSSR count). The van der Waals surface area contributed by atoms with Crippen molar-refractivity contribution in [3.63, 3.8) is 0 Å². The average molecular weight is 1650 g/mol. The Morgan fingerprint density at radius 3 is 0.879 bits per heavy atom. The molecular weight excluding hydrogens is 1470 g/mol. The van der Waals surface area contributed by atoms with Crippen molar-refractivity contribution in [1.29, 1.82) is 0 Å². The molecule has 12 N–H and O–H groups in total. The fourth-order valence-corrected chi connectivity index (χ4v) is 17.2. The highest BCUT2D eigenvalue weighted by molar-refractivity contribution is 5.76. The lowest BCUT2D eigenvalue weighted by Gasteiger charge is -2.48. The monoisotopic (exact) mass is 1650 g/mol. The lowest BCUT2D eigenvalue weighted by atomic mass is 9.96. The minimum Gasteiger partial charge on any atom is -0.394 e. The molecule has 0 aromatic heterocycles. The van der Waals surface area contributed by atoms with Crippen LogP contribution >= 0.6 is 0 Å². The number of unbranched alkanes of at least 4 members (excludes halogenated alkanes) is 63. The number of carbonyl (C=O) groups excluding carboxylic acids is 1. The zero-order valence-corrected chi connectivity index (χ0v) is 74.5. The van der Waals surface area contributed by atoms with Gasteiger partial charge in [0.2, 0.25) is 5.91 Å². The number of hydrogen-bond acceptors (Lipinski definition) is 18. The van der Waals surface area contributed by atoms with E-state index < -0.39 is 124 Å². The van der Waals surface area contributed by atoms with Gasteiger partial charge in [0.05, 0.1) is 38.6 Å². The third kappa shape index (κ3) is 54.1. The number of ether oxygens (including phenoxy) is 6. The van der Waals surface area contributed by atoms with Gasteiger partial charge in [0.15, 0.2) is 18.9 Å². The van der Waals surface area contributed by atoms with E-state index in [1.165, 1.54) is 372 Å². The second-order valence-electron chi connectivity index (χ2n) is 35.6. The van der Waals surface area contributed by atoms with Crippen molar-refractivity contribution in [2.24, 2.45) is 0 Å². The molecule has 0 radical (unpaired) electrons. The van der Waals surface area contributed by atoms with Crippen LogP contribution in [0.3, 0.4) is 0 Å². The standard InChI is InChI=1S/C97H185NO18/c1-3-5-7-9-11-13-15-17-19-21-23-25-27-29-31-33-35-37-38-39-40-41-42-43-45-47-49-51-53-55-57-59-61-63-65-67-69-71-73-75-85(103)98-80(81(102)74-72-70-68-66-64-62-60-58-56-54-52-50-48-46-44-36-34-32-30-28-26-24-22-20-18-16-14-12-10-8-6-4-2)79-111-95-91(109)88(106)93(83(77-100)113-95)116-97-92(110)89(107)94(84(78-101)114-97)115-96-90(108)87(105)86(104)82(76-99)112-96/h15,17,21,23,80-84,86-97,99-102,104-110H,3-14,16,18-20,22,24-79H2,1-2H3,(H,98,103)/b17-15-,23-21-. The maximum Gasteiger partial charge on any atom is 0.220 e. The van der Waals surface area contributed by atoms with Gasteiger partial charge in [0.25, 0.3) is 0 Å². The van der Waals surface area contributed by atoms with Crippen LogP contribution in [-0.4, -0.2) is 193 Å². The van der Waals surface area contributed by atoms with E-state index in [9.17, 15) is 61.0 Å². The lowest BCUT2D eigenvalue weighted by Crippen LogP contribution is -2.66. The normalized spacial score (nSPS) is 24.5. The quantitative estimate of drug-likeness (QED) is 0.0199. The van der Waals surface area contributed by atoms with Crippen LogP contribution in [0.1, 0.15) is 457 Å². The summed E-state index contributed by atoms with van der Waals surface area (Å²) in [6, 6.07) is -0.887. The predicted octanol–water partition coefficient (Wildman–Crippen LogP) is 20.4. The molecule has 0 aliphatic carbocycles. The molecule has 686 valence electrons. The van der Waals surface area contributed by atoms with Gasteiger partial charge in [-0.15, -0.1) is 0 Å². The first-order valence-corrected chi connectivity index (χ1v) is 49.6. The zero-order chi connectivity index (χ0) is 83.8. The van der Waals surface area contributed by atoms with Crippen LogP contribution in [0.4, 0.5) is 0 Å². The van der Waals surface area contributed by atoms with Gasteiger partial charge in [0, 0.05) is 6.42 Å². The molecule has 0 aromatic carbocycles. The van der Waals surface area contributed by atoms with Crippen LogP contribution in [0.15, 0.2) is 24.3 Å². The van der Waals surface area contributed by atoms with Crippen molar-refractivity contribution in [2.75, 3.05) is 26.4 Å². The van der Waals surface area contributed by atoms with E-state index in [0.29, 0.717) is 12.8 Å². The number of carbonyl (C=O) groups is 1. The van der Waals surface area contributed by atoms with Crippen LogP contribution in [0.5, 0.6) is 0 Å². The van der Waals surface area contributed by atoms with E-state index >= 15 is 0 Å². The van der Waals surface area contributed by atoms with Gasteiger partial charge >= 0.3 is 0 Å². The van der Waals surface area contributed by atoms with Crippen LogP contribution in [0.2, 0.25) is 0 Å². The average Bonchev–Trinajstić information content (AvgIpc) is 0.779. The molecule has 17 unspecified atom stereocenters. The molecular formula is C97H185NO18. The highest BCUT2D eigenvalue weighted by atomic mass is 16.8. The minimum absolute atomic E-state index is 0.231. The smallest absolute Gasteiger partial charge is 0.220 e. The van der Waals surface area contributed by atoms with Gasteiger partial charge in [-0.1, -0.05) is 430 Å². The minimum atomic E-state index is -1.97. The van der Waals surface area contributed by atoms with E-state index in [1.807, 2.05) is 0 Å². The van der Waals surface area contributed by atoms with Gasteiger partial charge in [-0.3, -0.25) is 4.79 Å². The molecule has 3 fully saturated rings. The number of rotatable bonds is 83. The van der Waals surface area contributed by atoms with Gasteiger partial charge in [-0.05, 0) is 44.9 Å². The summed E-state index contributed by atoms with van der Waals surface area (Å²) in [5.41, 5.74) is 0. The fraction of sp³-hybridized carbons (Fsp3) is 0.948. The zero-order valence-electron chi connectivity index (χ0n) is 74.5. The van der Waals surface area contributed by atoms with Crippen molar-refractivity contribution in [2.45, 2.75) is 561 Å². The van der Waals surface area contributed by atoms with Gasteiger partial charge in [-0.25, -0.2) is 0 Å². The summed E-state index contributed by atoms with van der Waals surface area (Å²) in [6.45, 7) is 1.88. The van der Waals surface area contributed by atoms with E-state index in [4.69, 9.17) is 28.4 Å². The fourth-order valence-electron chi connectivity index (χ4n) is 17.2.